The third-order valence-corrected chi connectivity index (χ3v) is 8.43. The Labute approximate surface area is 241 Å². The molecule has 41 heavy (non-hydrogen) atoms. The first-order valence-corrected chi connectivity index (χ1v) is 13.9. The predicted molar refractivity (Wildman–Crippen MR) is 166 cm³/mol. The van der Waals surface area contributed by atoms with E-state index in [-0.39, 0.29) is 0 Å². The van der Waals surface area contributed by atoms with Crippen molar-refractivity contribution in [3.05, 3.63) is 133 Å². The third-order valence-electron chi connectivity index (χ3n) is 7.28. The number of fused-ring (bicyclic) bond motifs is 3. The second-order valence-electron chi connectivity index (χ2n) is 9.76. The second-order valence-corrected chi connectivity index (χ2v) is 10.8. The highest BCUT2D eigenvalue weighted by Crippen LogP contribution is 2.39. The minimum atomic E-state index is 0.603. The summed E-state index contributed by atoms with van der Waals surface area (Å²) in [5, 5.41) is 20.9. The summed E-state index contributed by atoms with van der Waals surface area (Å²) in [5.41, 5.74) is 9.34. The number of hydrogen-bond donors (Lipinski definition) is 0. The van der Waals surface area contributed by atoms with Gasteiger partial charge in [0.2, 0.25) is 0 Å². The van der Waals surface area contributed by atoms with Gasteiger partial charge in [-0.05, 0) is 70.8 Å². The molecule has 3 heterocycles. The minimum Gasteiger partial charge on any atom is -0.256 e. The van der Waals surface area contributed by atoms with Gasteiger partial charge in [-0.15, -0.1) is 11.3 Å². The Hall–Kier alpha value is -5.62. The molecule has 0 bridgehead atoms. The van der Waals surface area contributed by atoms with E-state index < -0.39 is 0 Å². The summed E-state index contributed by atoms with van der Waals surface area (Å²) in [4.78, 5) is 8.85. The molecule has 4 nitrogen and oxygen atoms in total. The lowest BCUT2D eigenvalue weighted by Crippen LogP contribution is -1.86. The maximum atomic E-state index is 9.21. The van der Waals surface area contributed by atoms with Crippen LogP contribution in [0.4, 0.5) is 0 Å². The summed E-state index contributed by atoms with van der Waals surface area (Å²) in [6, 6.07) is 41.4. The van der Waals surface area contributed by atoms with E-state index in [2.05, 4.69) is 107 Å². The highest BCUT2D eigenvalue weighted by Gasteiger charge is 2.10. The molecule has 0 aliphatic rings. The van der Waals surface area contributed by atoms with Crippen LogP contribution in [0.5, 0.6) is 0 Å². The van der Waals surface area contributed by atoms with Crippen LogP contribution >= 0.6 is 11.3 Å². The normalized spacial score (nSPS) is 10.9. The number of rotatable bonds is 4. The number of hydrogen-bond acceptors (Lipinski definition) is 5. The number of nitrogens with zero attached hydrogens (tertiary/aromatic N) is 4. The van der Waals surface area contributed by atoms with Gasteiger partial charge in [-0.2, -0.15) is 10.5 Å². The van der Waals surface area contributed by atoms with Gasteiger partial charge in [-0.1, -0.05) is 60.7 Å². The van der Waals surface area contributed by atoms with Gasteiger partial charge in [0.05, 0.1) is 34.7 Å². The van der Waals surface area contributed by atoms with Crippen molar-refractivity contribution in [3.63, 3.8) is 0 Å². The van der Waals surface area contributed by atoms with E-state index in [0.717, 1.165) is 44.8 Å². The molecule has 7 rings (SSSR count). The molecule has 4 aromatic carbocycles. The zero-order chi connectivity index (χ0) is 27.8. The van der Waals surface area contributed by atoms with Gasteiger partial charge < -0.3 is 0 Å². The quantitative estimate of drug-likeness (QED) is 0.223. The Bertz CT molecular complexity index is 2010. The first-order valence-electron chi connectivity index (χ1n) is 13.1. The Kier molecular flexibility index (Phi) is 6.06. The molecule has 7 aromatic rings. The van der Waals surface area contributed by atoms with Crippen molar-refractivity contribution in [3.8, 4) is 56.9 Å². The highest BCUT2D eigenvalue weighted by molar-refractivity contribution is 7.25. The van der Waals surface area contributed by atoms with Crippen LogP contribution in [-0.4, -0.2) is 9.97 Å². The molecule has 5 heteroatoms. The number of nitriles is 2. The first-order chi connectivity index (χ1) is 20.2. The molecule has 0 spiro atoms. The molecular formula is C36H20N4S. The molecule has 0 saturated heterocycles. The molecule has 0 unspecified atom stereocenters. The van der Waals surface area contributed by atoms with Gasteiger partial charge in [-0.3, -0.25) is 9.97 Å². The van der Waals surface area contributed by atoms with Crippen LogP contribution in [0.1, 0.15) is 11.1 Å². The standard InChI is InChI=1S/C36H20N4S/c37-21-23-13-15-39-33(17-23)27-5-1-25(2-6-27)29-9-11-35-31(19-29)32-20-30(10-12-36(32)41-35)26-3-7-28(8-4-26)34-18-24(22-38)14-16-40-34/h1-20H. The summed E-state index contributed by atoms with van der Waals surface area (Å²) in [5.74, 6) is 0. The fourth-order valence-corrected chi connectivity index (χ4v) is 6.19. The van der Waals surface area contributed by atoms with E-state index in [1.165, 1.54) is 20.2 Å². The van der Waals surface area contributed by atoms with Gasteiger partial charge in [0.1, 0.15) is 0 Å². The van der Waals surface area contributed by atoms with E-state index >= 15 is 0 Å². The van der Waals surface area contributed by atoms with Crippen LogP contribution in [0, 0.1) is 22.7 Å². The van der Waals surface area contributed by atoms with E-state index in [9.17, 15) is 10.5 Å². The van der Waals surface area contributed by atoms with Crippen LogP contribution in [-0.2, 0) is 0 Å². The molecule has 0 aliphatic heterocycles. The Morgan fingerprint density at radius 1 is 0.439 bits per heavy atom. The number of thiophene rings is 1. The zero-order valence-corrected chi connectivity index (χ0v) is 22.6. The van der Waals surface area contributed by atoms with Crippen LogP contribution in [0.25, 0.3) is 64.9 Å². The van der Waals surface area contributed by atoms with Crippen molar-refractivity contribution >= 4 is 31.5 Å². The highest BCUT2D eigenvalue weighted by atomic mass is 32.1. The number of pyridine rings is 2. The molecule has 0 radical (unpaired) electrons. The van der Waals surface area contributed by atoms with Crippen molar-refractivity contribution in [1.82, 2.24) is 9.97 Å². The van der Waals surface area contributed by atoms with E-state index in [0.29, 0.717) is 11.1 Å². The molecule has 0 amide bonds. The number of aromatic nitrogens is 2. The van der Waals surface area contributed by atoms with Crippen LogP contribution in [0.2, 0.25) is 0 Å². The van der Waals surface area contributed by atoms with Gasteiger partial charge in [0.15, 0.2) is 0 Å². The molecule has 0 N–H and O–H groups in total. The topological polar surface area (TPSA) is 73.4 Å². The predicted octanol–water partition coefficient (Wildman–Crippen LogP) is 9.26. The van der Waals surface area contributed by atoms with Gasteiger partial charge in [-0.25, -0.2) is 0 Å². The lowest BCUT2D eigenvalue weighted by molar-refractivity contribution is 1.31. The summed E-state index contributed by atoms with van der Waals surface area (Å²) < 4.78 is 2.52. The molecular weight excluding hydrogens is 520 g/mol. The van der Waals surface area contributed by atoms with E-state index in [1.807, 2.05) is 12.1 Å². The van der Waals surface area contributed by atoms with Crippen molar-refractivity contribution in [2.24, 2.45) is 0 Å². The minimum absolute atomic E-state index is 0.603. The van der Waals surface area contributed by atoms with Crippen molar-refractivity contribution in [2.45, 2.75) is 0 Å². The van der Waals surface area contributed by atoms with Crippen molar-refractivity contribution in [2.75, 3.05) is 0 Å². The lowest BCUT2D eigenvalue weighted by atomic mass is 9.98. The van der Waals surface area contributed by atoms with E-state index in [4.69, 9.17) is 0 Å². The summed E-state index contributed by atoms with van der Waals surface area (Å²) in [6.45, 7) is 0. The fraction of sp³-hybridized carbons (Fsp3) is 0. The molecule has 0 atom stereocenters. The smallest absolute Gasteiger partial charge is 0.0992 e. The fourth-order valence-electron chi connectivity index (χ4n) is 5.12. The Morgan fingerprint density at radius 3 is 1.24 bits per heavy atom. The maximum Gasteiger partial charge on any atom is 0.0992 e. The summed E-state index contributed by atoms with van der Waals surface area (Å²) in [6.07, 6.45) is 3.35. The third kappa shape index (κ3) is 4.61. The maximum absolute atomic E-state index is 9.21. The average molecular weight is 541 g/mol. The van der Waals surface area contributed by atoms with Gasteiger partial charge in [0.25, 0.3) is 0 Å². The Balaban J connectivity index is 1.22. The lowest BCUT2D eigenvalue weighted by Gasteiger charge is -2.06. The van der Waals surface area contributed by atoms with Crippen LogP contribution in [0.15, 0.2) is 122 Å². The number of benzene rings is 4. The summed E-state index contributed by atoms with van der Waals surface area (Å²) in [7, 11) is 0. The van der Waals surface area contributed by atoms with Crippen LogP contribution < -0.4 is 0 Å². The van der Waals surface area contributed by atoms with Gasteiger partial charge in [0, 0.05) is 43.7 Å². The molecule has 0 fully saturated rings. The largest absolute Gasteiger partial charge is 0.256 e. The zero-order valence-electron chi connectivity index (χ0n) is 21.7. The van der Waals surface area contributed by atoms with Crippen LogP contribution in [0.3, 0.4) is 0 Å². The summed E-state index contributed by atoms with van der Waals surface area (Å²) >= 11 is 1.81. The average Bonchev–Trinajstić information content (AvgIpc) is 3.42. The molecule has 0 saturated carbocycles. The van der Waals surface area contributed by atoms with Gasteiger partial charge >= 0.3 is 0 Å². The Morgan fingerprint density at radius 2 is 0.829 bits per heavy atom. The molecule has 0 aliphatic carbocycles. The molecule has 3 aromatic heterocycles. The van der Waals surface area contributed by atoms with Crippen molar-refractivity contribution < 1.29 is 0 Å². The molecule has 190 valence electrons. The SMILES string of the molecule is N#Cc1ccnc(-c2ccc(-c3ccc4sc5ccc(-c6ccc(-c7cc(C#N)ccn7)cc6)cc5c4c3)cc2)c1. The van der Waals surface area contributed by atoms with E-state index in [1.54, 1.807) is 35.9 Å². The first kappa shape index (κ1) is 24.4. The monoisotopic (exact) mass is 540 g/mol. The second kappa shape index (κ2) is 10.2. The van der Waals surface area contributed by atoms with Crippen molar-refractivity contribution in [1.29, 1.82) is 10.5 Å².